The van der Waals surface area contributed by atoms with Crippen molar-refractivity contribution in [3.63, 3.8) is 0 Å². The van der Waals surface area contributed by atoms with Crippen molar-refractivity contribution in [2.75, 3.05) is 0 Å². The molecule has 0 aliphatic heterocycles. The van der Waals surface area contributed by atoms with Gasteiger partial charge in [0.05, 0.1) is 17.8 Å². The second kappa shape index (κ2) is 6.09. The molecule has 2 aromatic heterocycles. The zero-order valence-corrected chi connectivity index (χ0v) is 14.2. The van der Waals surface area contributed by atoms with Crippen molar-refractivity contribution in [3.05, 3.63) is 68.7 Å². The molecule has 0 bridgehead atoms. The minimum Gasteiger partial charge on any atom is -0.267 e. The molecule has 0 N–H and O–H groups in total. The quantitative estimate of drug-likeness (QED) is 0.678. The first-order chi connectivity index (χ1) is 12.3. The van der Waals surface area contributed by atoms with Gasteiger partial charge in [-0.3, -0.25) is 9.78 Å². The van der Waals surface area contributed by atoms with Gasteiger partial charge in [0.15, 0.2) is 0 Å². The summed E-state index contributed by atoms with van der Waals surface area (Å²) < 4.78 is 40.7. The van der Waals surface area contributed by atoms with Gasteiger partial charge in [-0.15, -0.1) is 0 Å². The zero-order chi connectivity index (χ0) is 18.5. The second-order valence-electron chi connectivity index (χ2n) is 6.32. The second-order valence-corrected chi connectivity index (χ2v) is 6.73. The summed E-state index contributed by atoms with van der Waals surface area (Å²) in [5.41, 5.74) is -0.899. The van der Waals surface area contributed by atoms with Crippen LogP contribution in [0.25, 0.3) is 10.9 Å². The molecule has 4 nitrogen and oxygen atoms in total. The van der Waals surface area contributed by atoms with Crippen LogP contribution in [0.15, 0.2) is 41.3 Å². The molecule has 0 radical (unpaired) electrons. The van der Waals surface area contributed by atoms with Crippen molar-refractivity contribution < 1.29 is 13.2 Å². The lowest BCUT2D eigenvalue weighted by molar-refractivity contribution is -0.139. The molecule has 0 atom stereocenters. The van der Waals surface area contributed by atoms with Crippen LogP contribution in [0.5, 0.6) is 0 Å². The average molecular weight is 380 g/mol. The highest BCUT2D eigenvalue weighted by Crippen LogP contribution is 2.40. The molecule has 0 amide bonds. The van der Waals surface area contributed by atoms with Gasteiger partial charge in [0.25, 0.3) is 5.56 Å². The third-order valence-corrected chi connectivity index (χ3v) is 4.74. The van der Waals surface area contributed by atoms with Crippen molar-refractivity contribution in [2.45, 2.75) is 31.5 Å². The minimum atomic E-state index is -4.72. The van der Waals surface area contributed by atoms with Gasteiger partial charge in [-0.2, -0.15) is 18.3 Å². The van der Waals surface area contributed by atoms with Crippen LogP contribution in [0.1, 0.15) is 35.6 Å². The molecule has 134 valence electrons. The van der Waals surface area contributed by atoms with E-state index in [-0.39, 0.29) is 12.5 Å². The maximum absolute atomic E-state index is 13.3. The van der Waals surface area contributed by atoms with E-state index in [1.54, 1.807) is 30.5 Å². The van der Waals surface area contributed by atoms with Crippen molar-refractivity contribution >= 4 is 22.5 Å². The number of halogens is 4. The van der Waals surface area contributed by atoms with E-state index in [1.807, 2.05) is 0 Å². The first-order valence-corrected chi connectivity index (χ1v) is 8.44. The fourth-order valence-electron chi connectivity index (χ4n) is 2.94. The molecule has 8 heteroatoms. The van der Waals surface area contributed by atoms with E-state index in [0.29, 0.717) is 27.2 Å². The number of pyridine rings is 1. The highest BCUT2D eigenvalue weighted by molar-refractivity contribution is 6.35. The van der Waals surface area contributed by atoms with Gasteiger partial charge in [-0.1, -0.05) is 17.7 Å². The minimum absolute atomic E-state index is 0.0111. The number of benzene rings is 1. The van der Waals surface area contributed by atoms with E-state index in [1.165, 1.54) is 0 Å². The zero-order valence-electron chi connectivity index (χ0n) is 13.4. The van der Waals surface area contributed by atoms with Crippen LogP contribution in [-0.2, 0) is 12.7 Å². The Kier molecular flexibility index (Phi) is 3.99. The topological polar surface area (TPSA) is 47.8 Å². The predicted octanol–water partition coefficient (Wildman–Crippen LogP) is 4.39. The van der Waals surface area contributed by atoms with Gasteiger partial charge in [-0.25, -0.2) is 4.68 Å². The molecular formula is C18H13ClF3N3O. The van der Waals surface area contributed by atoms with Crippen LogP contribution in [-0.4, -0.2) is 14.8 Å². The van der Waals surface area contributed by atoms with Gasteiger partial charge >= 0.3 is 6.18 Å². The molecule has 2 heterocycles. The number of hydrogen-bond donors (Lipinski definition) is 0. The fourth-order valence-corrected chi connectivity index (χ4v) is 3.15. The number of aromatic nitrogens is 3. The molecule has 3 aromatic rings. The smallest absolute Gasteiger partial charge is 0.267 e. The van der Waals surface area contributed by atoms with Gasteiger partial charge in [0, 0.05) is 28.1 Å². The number of alkyl halides is 3. The van der Waals surface area contributed by atoms with Crippen molar-refractivity contribution in [3.8, 4) is 0 Å². The maximum Gasteiger partial charge on any atom is 0.421 e. The van der Waals surface area contributed by atoms with E-state index in [4.69, 9.17) is 11.6 Å². The Morgan fingerprint density at radius 2 is 2.00 bits per heavy atom. The number of nitrogens with zero attached hydrogens (tertiary/aromatic N) is 3. The van der Waals surface area contributed by atoms with E-state index in [0.717, 1.165) is 23.6 Å². The number of rotatable bonds is 3. The Labute approximate surface area is 151 Å². The molecule has 1 aliphatic rings. The van der Waals surface area contributed by atoms with Crippen molar-refractivity contribution in [2.24, 2.45) is 0 Å². The summed E-state index contributed by atoms with van der Waals surface area (Å²) in [6.07, 6.45) is -1.58. The van der Waals surface area contributed by atoms with Crippen molar-refractivity contribution in [1.82, 2.24) is 14.8 Å². The molecule has 4 rings (SSSR count). The summed E-state index contributed by atoms with van der Waals surface area (Å²) in [5.74, 6) is -0.0111. The van der Waals surface area contributed by atoms with Crippen LogP contribution in [0.2, 0.25) is 5.02 Å². The Hall–Kier alpha value is -2.41. The molecule has 1 saturated carbocycles. The Morgan fingerprint density at radius 3 is 2.69 bits per heavy atom. The molecule has 0 spiro atoms. The van der Waals surface area contributed by atoms with Crippen molar-refractivity contribution in [1.29, 1.82) is 0 Å². The molecule has 1 aromatic carbocycles. The van der Waals surface area contributed by atoms with Gasteiger partial charge < -0.3 is 0 Å². The number of hydrogen-bond acceptors (Lipinski definition) is 3. The van der Waals surface area contributed by atoms with E-state index in [9.17, 15) is 18.0 Å². The van der Waals surface area contributed by atoms with Crippen LogP contribution >= 0.6 is 11.6 Å². The third-order valence-electron chi connectivity index (χ3n) is 4.41. The monoisotopic (exact) mass is 379 g/mol. The summed E-state index contributed by atoms with van der Waals surface area (Å²) in [5, 5.41) is 5.34. The lowest BCUT2D eigenvalue weighted by Gasteiger charge is -2.13. The summed E-state index contributed by atoms with van der Waals surface area (Å²) in [4.78, 5) is 16.6. The van der Waals surface area contributed by atoms with E-state index >= 15 is 0 Å². The molecule has 26 heavy (non-hydrogen) atoms. The molecule has 0 unspecified atom stereocenters. The summed E-state index contributed by atoms with van der Waals surface area (Å²) >= 11 is 6.15. The maximum atomic E-state index is 13.3. The van der Waals surface area contributed by atoms with Crippen LogP contribution < -0.4 is 5.56 Å². The Balaban J connectivity index is 1.86. The highest BCUT2D eigenvalue weighted by Gasteiger charge is 2.37. The van der Waals surface area contributed by atoms with Gasteiger partial charge in [-0.05, 0) is 37.1 Å². The first kappa shape index (κ1) is 17.0. The largest absolute Gasteiger partial charge is 0.421 e. The normalized spacial score (nSPS) is 14.8. The highest BCUT2D eigenvalue weighted by atomic mass is 35.5. The third kappa shape index (κ3) is 3.07. The van der Waals surface area contributed by atoms with Gasteiger partial charge in [0.2, 0.25) is 0 Å². The molecule has 1 aliphatic carbocycles. The fraction of sp³-hybridized carbons (Fsp3) is 0.278. The first-order valence-electron chi connectivity index (χ1n) is 8.06. The molecule has 1 fully saturated rings. The van der Waals surface area contributed by atoms with E-state index < -0.39 is 17.3 Å². The summed E-state index contributed by atoms with van der Waals surface area (Å²) in [6.45, 7) is -0.104. The Morgan fingerprint density at radius 1 is 1.23 bits per heavy atom. The standard InChI is InChI=1S/C18H13ClF3N3O/c19-14-6-5-11(16-12(14)2-1-7-23-16)9-25-17(26)13(18(20,21)22)8-15(24-25)10-3-4-10/h1-2,5-8,10H,3-4,9H2. The van der Waals surface area contributed by atoms with Crippen LogP contribution in [0.4, 0.5) is 13.2 Å². The number of fused-ring (bicyclic) bond motifs is 1. The average Bonchev–Trinajstić information content (AvgIpc) is 3.43. The van der Waals surface area contributed by atoms with Crippen LogP contribution in [0.3, 0.4) is 0 Å². The lowest BCUT2D eigenvalue weighted by atomic mass is 10.1. The lowest BCUT2D eigenvalue weighted by Crippen LogP contribution is -2.31. The van der Waals surface area contributed by atoms with Gasteiger partial charge in [0.1, 0.15) is 5.56 Å². The summed E-state index contributed by atoms with van der Waals surface area (Å²) in [7, 11) is 0. The van der Waals surface area contributed by atoms with E-state index in [2.05, 4.69) is 10.1 Å². The SMILES string of the molecule is O=c1c(C(F)(F)F)cc(C2CC2)nn1Cc1ccc(Cl)c2cccnc12. The molecular weight excluding hydrogens is 367 g/mol. The summed E-state index contributed by atoms with van der Waals surface area (Å²) in [6, 6.07) is 7.67. The molecule has 0 saturated heterocycles. The Bertz CT molecular complexity index is 1060. The predicted molar refractivity (Wildman–Crippen MR) is 91.3 cm³/mol. The van der Waals surface area contributed by atoms with Crippen LogP contribution in [0, 0.1) is 0 Å².